The zero-order chi connectivity index (χ0) is 15.5. The minimum Gasteiger partial charge on any atom is -0.481 e. The lowest BCUT2D eigenvalue weighted by Crippen LogP contribution is -2.28. The van der Waals surface area contributed by atoms with Crippen molar-refractivity contribution in [3.63, 3.8) is 0 Å². The lowest BCUT2D eigenvalue weighted by atomic mass is 10.1. The molecule has 4 nitrogen and oxygen atoms in total. The van der Waals surface area contributed by atoms with Crippen molar-refractivity contribution in [3.8, 4) is 0 Å². The number of nitrogen functional groups attached to an aromatic ring is 1. The first-order valence-electron chi connectivity index (χ1n) is 7.96. The summed E-state index contributed by atoms with van der Waals surface area (Å²) in [4.78, 5) is 12.9. The Morgan fingerprint density at radius 1 is 1.10 bits per heavy atom. The number of para-hydroxylation sites is 2. The summed E-state index contributed by atoms with van der Waals surface area (Å²) in [6.07, 6.45) is 7.52. The zero-order valence-corrected chi connectivity index (χ0v) is 13.1. The third-order valence-electron chi connectivity index (χ3n) is 3.65. The van der Waals surface area contributed by atoms with E-state index in [2.05, 4.69) is 11.8 Å². The highest BCUT2D eigenvalue weighted by Gasteiger charge is 2.10. The lowest BCUT2D eigenvalue weighted by molar-refractivity contribution is -0.136. The molecule has 0 unspecified atom stereocenters. The van der Waals surface area contributed by atoms with E-state index in [1.54, 1.807) is 0 Å². The summed E-state index contributed by atoms with van der Waals surface area (Å²) < 4.78 is 0. The molecule has 4 heteroatoms. The Hall–Kier alpha value is -1.71. The Bertz CT molecular complexity index is 421. The molecule has 1 rings (SSSR count). The van der Waals surface area contributed by atoms with Gasteiger partial charge in [0.1, 0.15) is 0 Å². The van der Waals surface area contributed by atoms with Crippen LogP contribution >= 0.6 is 0 Å². The third kappa shape index (κ3) is 7.02. The van der Waals surface area contributed by atoms with E-state index in [1.807, 2.05) is 24.3 Å². The number of nitrogens with zero attached hydrogens (tertiary/aromatic N) is 1. The molecule has 1 aromatic rings. The summed E-state index contributed by atoms with van der Waals surface area (Å²) in [6, 6.07) is 7.68. The maximum Gasteiger partial charge on any atom is 0.305 e. The molecular formula is C17H28N2O2. The highest BCUT2D eigenvalue weighted by molar-refractivity contribution is 5.70. The van der Waals surface area contributed by atoms with Crippen LogP contribution in [0.15, 0.2) is 24.3 Å². The number of anilines is 2. The van der Waals surface area contributed by atoms with Gasteiger partial charge in [0, 0.05) is 13.1 Å². The Morgan fingerprint density at radius 3 is 2.43 bits per heavy atom. The van der Waals surface area contributed by atoms with Crippen LogP contribution in [-0.4, -0.2) is 24.2 Å². The van der Waals surface area contributed by atoms with E-state index in [0.717, 1.165) is 18.7 Å². The normalized spacial score (nSPS) is 10.5. The minimum atomic E-state index is -0.766. The van der Waals surface area contributed by atoms with Crippen molar-refractivity contribution in [2.45, 2.75) is 51.9 Å². The van der Waals surface area contributed by atoms with Gasteiger partial charge in [-0.1, -0.05) is 51.2 Å². The van der Waals surface area contributed by atoms with E-state index in [-0.39, 0.29) is 6.42 Å². The predicted octanol–water partition coefficient (Wildman–Crippen LogP) is 3.91. The highest BCUT2D eigenvalue weighted by Crippen LogP contribution is 2.23. The number of benzene rings is 1. The second-order valence-corrected chi connectivity index (χ2v) is 5.46. The number of hydrogen-bond acceptors (Lipinski definition) is 3. The van der Waals surface area contributed by atoms with Crippen molar-refractivity contribution in [2.75, 3.05) is 23.7 Å². The van der Waals surface area contributed by atoms with Gasteiger partial charge in [0.25, 0.3) is 0 Å². The lowest BCUT2D eigenvalue weighted by Gasteiger charge is -2.25. The fourth-order valence-electron chi connectivity index (χ4n) is 2.44. The van der Waals surface area contributed by atoms with Gasteiger partial charge in [0.05, 0.1) is 17.8 Å². The van der Waals surface area contributed by atoms with E-state index in [4.69, 9.17) is 10.8 Å². The quantitative estimate of drug-likeness (QED) is 0.479. The van der Waals surface area contributed by atoms with Gasteiger partial charge in [-0.15, -0.1) is 0 Å². The predicted molar refractivity (Wildman–Crippen MR) is 88.7 cm³/mol. The summed E-state index contributed by atoms with van der Waals surface area (Å²) in [5, 5.41) is 8.89. The first kappa shape index (κ1) is 17.3. The first-order valence-corrected chi connectivity index (χ1v) is 7.96. The summed E-state index contributed by atoms with van der Waals surface area (Å²) in [7, 11) is 0. The van der Waals surface area contributed by atoms with Crippen LogP contribution in [0.4, 0.5) is 11.4 Å². The van der Waals surface area contributed by atoms with E-state index in [1.165, 1.54) is 32.1 Å². The molecule has 0 radical (unpaired) electrons. The fourth-order valence-corrected chi connectivity index (χ4v) is 2.44. The van der Waals surface area contributed by atoms with Gasteiger partial charge in [-0.3, -0.25) is 4.79 Å². The van der Waals surface area contributed by atoms with Crippen LogP contribution in [0.2, 0.25) is 0 Å². The molecule has 3 N–H and O–H groups in total. The van der Waals surface area contributed by atoms with Crippen LogP contribution in [0, 0.1) is 0 Å². The van der Waals surface area contributed by atoms with E-state index >= 15 is 0 Å². The third-order valence-corrected chi connectivity index (χ3v) is 3.65. The second kappa shape index (κ2) is 10.1. The molecule has 1 aromatic carbocycles. The molecule has 0 atom stereocenters. The molecule has 0 fully saturated rings. The largest absolute Gasteiger partial charge is 0.481 e. The van der Waals surface area contributed by atoms with Crippen molar-refractivity contribution >= 4 is 17.3 Å². The number of carboxylic acid groups (broad SMARTS) is 1. The number of unbranched alkanes of at least 4 members (excludes halogenated alkanes) is 5. The number of carboxylic acids is 1. The summed E-state index contributed by atoms with van der Waals surface area (Å²) in [5.74, 6) is -0.766. The molecule has 0 saturated carbocycles. The molecular weight excluding hydrogens is 264 g/mol. The molecule has 0 heterocycles. The Kier molecular flexibility index (Phi) is 8.32. The first-order chi connectivity index (χ1) is 10.1. The molecule has 0 saturated heterocycles. The zero-order valence-electron chi connectivity index (χ0n) is 13.1. The number of hydrogen-bond donors (Lipinski definition) is 2. The number of carbonyl (C=O) groups is 1. The van der Waals surface area contributed by atoms with Crippen molar-refractivity contribution < 1.29 is 9.90 Å². The highest BCUT2D eigenvalue weighted by atomic mass is 16.4. The van der Waals surface area contributed by atoms with Crippen LogP contribution in [0.5, 0.6) is 0 Å². The minimum absolute atomic E-state index is 0.143. The Morgan fingerprint density at radius 2 is 1.76 bits per heavy atom. The molecule has 118 valence electrons. The van der Waals surface area contributed by atoms with Crippen LogP contribution in [-0.2, 0) is 4.79 Å². The van der Waals surface area contributed by atoms with Crippen molar-refractivity contribution in [1.29, 1.82) is 0 Å². The van der Waals surface area contributed by atoms with Crippen LogP contribution in [0.1, 0.15) is 51.9 Å². The SMILES string of the molecule is CCCCCCCCN(CCC(=O)O)c1ccccc1N. The van der Waals surface area contributed by atoms with Gasteiger partial charge in [-0.25, -0.2) is 0 Å². The number of rotatable bonds is 11. The molecule has 0 aliphatic rings. The van der Waals surface area contributed by atoms with Gasteiger partial charge in [0.15, 0.2) is 0 Å². The van der Waals surface area contributed by atoms with Crippen LogP contribution < -0.4 is 10.6 Å². The van der Waals surface area contributed by atoms with E-state index < -0.39 is 5.97 Å². The topological polar surface area (TPSA) is 66.6 Å². The van der Waals surface area contributed by atoms with Gasteiger partial charge >= 0.3 is 5.97 Å². The van der Waals surface area contributed by atoms with Gasteiger partial charge < -0.3 is 15.7 Å². The maximum absolute atomic E-state index is 10.8. The molecule has 0 aromatic heterocycles. The standard InChI is InChI=1S/C17H28N2O2/c1-2-3-4-5-6-9-13-19(14-12-17(20)21)16-11-8-7-10-15(16)18/h7-8,10-11H,2-6,9,12-14,18H2,1H3,(H,20,21). The number of nitrogens with two attached hydrogens (primary N) is 1. The summed E-state index contributed by atoms with van der Waals surface area (Å²) in [6.45, 7) is 3.60. The smallest absolute Gasteiger partial charge is 0.305 e. The number of aliphatic carboxylic acids is 1. The van der Waals surface area contributed by atoms with Crippen molar-refractivity contribution in [1.82, 2.24) is 0 Å². The maximum atomic E-state index is 10.8. The average Bonchev–Trinajstić information content (AvgIpc) is 2.46. The van der Waals surface area contributed by atoms with Gasteiger partial charge in [-0.2, -0.15) is 0 Å². The Balaban J connectivity index is 2.49. The van der Waals surface area contributed by atoms with E-state index in [9.17, 15) is 4.79 Å². The second-order valence-electron chi connectivity index (χ2n) is 5.46. The van der Waals surface area contributed by atoms with Gasteiger partial charge in [-0.05, 0) is 18.6 Å². The van der Waals surface area contributed by atoms with Crippen molar-refractivity contribution in [3.05, 3.63) is 24.3 Å². The van der Waals surface area contributed by atoms with E-state index in [0.29, 0.717) is 12.2 Å². The monoisotopic (exact) mass is 292 g/mol. The average molecular weight is 292 g/mol. The molecule has 21 heavy (non-hydrogen) atoms. The van der Waals surface area contributed by atoms with Crippen molar-refractivity contribution in [2.24, 2.45) is 0 Å². The molecule has 0 spiro atoms. The molecule has 0 amide bonds. The van der Waals surface area contributed by atoms with Gasteiger partial charge in [0.2, 0.25) is 0 Å². The molecule has 0 aliphatic heterocycles. The molecule has 0 bridgehead atoms. The van der Waals surface area contributed by atoms with Crippen LogP contribution in [0.25, 0.3) is 0 Å². The fraction of sp³-hybridized carbons (Fsp3) is 0.588. The van der Waals surface area contributed by atoms with Crippen LogP contribution in [0.3, 0.4) is 0 Å². The summed E-state index contributed by atoms with van der Waals surface area (Å²) in [5.41, 5.74) is 7.68. The summed E-state index contributed by atoms with van der Waals surface area (Å²) >= 11 is 0. The Labute approximate surface area is 128 Å². The molecule has 0 aliphatic carbocycles.